The first kappa shape index (κ1) is 13.4. The Morgan fingerprint density at radius 1 is 1.24 bits per heavy atom. The van der Waals surface area contributed by atoms with E-state index in [0.717, 1.165) is 16.9 Å². The van der Waals surface area contributed by atoms with Gasteiger partial charge in [-0.25, -0.2) is 0 Å². The van der Waals surface area contributed by atoms with Crippen LogP contribution in [0.25, 0.3) is 6.08 Å². The third-order valence-corrected chi connectivity index (χ3v) is 3.34. The topological polar surface area (TPSA) is 48.4 Å². The van der Waals surface area contributed by atoms with Gasteiger partial charge in [0.1, 0.15) is 11.5 Å². The molecule has 1 aliphatic heterocycles. The van der Waals surface area contributed by atoms with Gasteiger partial charge in [-0.05, 0) is 49.8 Å². The first-order valence-electron chi connectivity index (χ1n) is 6.81. The molecule has 0 spiro atoms. The summed E-state index contributed by atoms with van der Waals surface area (Å²) < 4.78 is 11.3. The SMILES string of the molecule is CCOc1ccc2c(c1C)O/C(=C\c1ccncc1)C2=O. The molecule has 0 atom stereocenters. The van der Waals surface area contributed by atoms with Crippen LogP contribution in [0.3, 0.4) is 0 Å². The van der Waals surface area contributed by atoms with E-state index in [1.807, 2.05) is 32.0 Å². The molecule has 0 N–H and O–H groups in total. The smallest absolute Gasteiger partial charge is 0.231 e. The number of allylic oxidation sites excluding steroid dienone is 1. The quantitative estimate of drug-likeness (QED) is 0.809. The molecule has 0 radical (unpaired) electrons. The summed E-state index contributed by atoms with van der Waals surface area (Å²) in [5.41, 5.74) is 2.31. The monoisotopic (exact) mass is 281 g/mol. The molecule has 0 fully saturated rings. The summed E-state index contributed by atoms with van der Waals surface area (Å²) in [6, 6.07) is 7.22. The number of fused-ring (bicyclic) bond motifs is 1. The predicted octanol–water partition coefficient (Wildman–Crippen LogP) is 3.40. The minimum absolute atomic E-state index is 0.104. The van der Waals surface area contributed by atoms with Crippen LogP contribution in [0.4, 0.5) is 0 Å². The van der Waals surface area contributed by atoms with E-state index in [4.69, 9.17) is 9.47 Å². The van der Waals surface area contributed by atoms with E-state index in [9.17, 15) is 4.79 Å². The van der Waals surface area contributed by atoms with Crippen LogP contribution >= 0.6 is 0 Å². The molecular formula is C17H15NO3. The molecule has 21 heavy (non-hydrogen) atoms. The average Bonchev–Trinajstić information content (AvgIpc) is 2.81. The maximum absolute atomic E-state index is 12.4. The van der Waals surface area contributed by atoms with Gasteiger partial charge in [0.05, 0.1) is 12.2 Å². The number of carbonyl (C=O) groups excluding carboxylic acids is 1. The molecule has 106 valence electrons. The number of benzene rings is 1. The first-order valence-corrected chi connectivity index (χ1v) is 6.81. The van der Waals surface area contributed by atoms with Gasteiger partial charge in [-0.2, -0.15) is 0 Å². The fraction of sp³-hybridized carbons (Fsp3) is 0.176. The highest BCUT2D eigenvalue weighted by Gasteiger charge is 2.30. The maximum Gasteiger partial charge on any atom is 0.231 e. The highest BCUT2D eigenvalue weighted by atomic mass is 16.5. The highest BCUT2D eigenvalue weighted by molar-refractivity contribution is 6.14. The number of aromatic nitrogens is 1. The number of ether oxygens (including phenoxy) is 2. The Bertz CT molecular complexity index is 720. The van der Waals surface area contributed by atoms with Gasteiger partial charge in [0, 0.05) is 18.0 Å². The molecule has 4 heteroatoms. The van der Waals surface area contributed by atoms with Crippen molar-refractivity contribution in [2.75, 3.05) is 6.61 Å². The van der Waals surface area contributed by atoms with Crippen molar-refractivity contribution in [1.82, 2.24) is 4.98 Å². The van der Waals surface area contributed by atoms with Gasteiger partial charge in [-0.1, -0.05) is 0 Å². The van der Waals surface area contributed by atoms with E-state index in [0.29, 0.717) is 23.7 Å². The molecule has 3 rings (SSSR count). The second-order valence-corrected chi connectivity index (χ2v) is 4.72. The number of Topliss-reactive ketones (excluding diaryl/α,β-unsaturated/α-hetero) is 1. The van der Waals surface area contributed by atoms with Crippen molar-refractivity contribution in [2.24, 2.45) is 0 Å². The Hall–Kier alpha value is -2.62. The molecule has 2 heterocycles. The molecule has 0 saturated carbocycles. The van der Waals surface area contributed by atoms with Crippen molar-refractivity contribution in [2.45, 2.75) is 13.8 Å². The van der Waals surface area contributed by atoms with E-state index in [-0.39, 0.29) is 5.78 Å². The van der Waals surface area contributed by atoms with Crippen LogP contribution in [0, 0.1) is 6.92 Å². The van der Waals surface area contributed by atoms with E-state index in [2.05, 4.69) is 4.98 Å². The molecule has 0 unspecified atom stereocenters. The largest absolute Gasteiger partial charge is 0.493 e. The zero-order valence-corrected chi connectivity index (χ0v) is 11.9. The number of hydrogen-bond donors (Lipinski definition) is 0. The molecule has 0 amide bonds. The molecule has 0 saturated heterocycles. The number of rotatable bonds is 3. The number of hydrogen-bond acceptors (Lipinski definition) is 4. The molecule has 0 bridgehead atoms. The number of nitrogens with zero attached hydrogens (tertiary/aromatic N) is 1. The standard InChI is InChI=1S/C17H15NO3/c1-3-20-14-5-4-13-16(19)15(21-17(13)11(14)2)10-12-6-8-18-9-7-12/h4-10H,3H2,1-2H3/b15-10-. The van der Waals surface area contributed by atoms with Crippen LogP contribution in [0.15, 0.2) is 42.4 Å². The summed E-state index contributed by atoms with van der Waals surface area (Å²) >= 11 is 0. The van der Waals surface area contributed by atoms with Gasteiger partial charge in [-0.15, -0.1) is 0 Å². The van der Waals surface area contributed by atoms with Gasteiger partial charge >= 0.3 is 0 Å². The Balaban J connectivity index is 1.99. The third-order valence-electron chi connectivity index (χ3n) is 3.34. The van der Waals surface area contributed by atoms with Crippen LogP contribution < -0.4 is 9.47 Å². The number of pyridine rings is 1. The Morgan fingerprint density at radius 3 is 2.71 bits per heavy atom. The molecule has 0 aliphatic carbocycles. The lowest BCUT2D eigenvalue weighted by atomic mass is 10.1. The molecular weight excluding hydrogens is 266 g/mol. The van der Waals surface area contributed by atoms with E-state index < -0.39 is 0 Å². The van der Waals surface area contributed by atoms with E-state index in [1.54, 1.807) is 24.5 Å². The van der Waals surface area contributed by atoms with Crippen molar-refractivity contribution >= 4 is 11.9 Å². The lowest BCUT2D eigenvalue weighted by Gasteiger charge is -2.09. The normalized spacial score (nSPS) is 15.0. The lowest BCUT2D eigenvalue weighted by Crippen LogP contribution is -1.97. The fourth-order valence-electron chi connectivity index (χ4n) is 2.29. The van der Waals surface area contributed by atoms with Crippen molar-refractivity contribution in [1.29, 1.82) is 0 Å². The first-order chi connectivity index (χ1) is 10.2. The molecule has 2 aromatic rings. The fourth-order valence-corrected chi connectivity index (χ4v) is 2.29. The van der Waals surface area contributed by atoms with Crippen molar-refractivity contribution in [3.63, 3.8) is 0 Å². The maximum atomic E-state index is 12.4. The lowest BCUT2D eigenvalue weighted by molar-refractivity contribution is 0.101. The van der Waals surface area contributed by atoms with Gasteiger partial charge in [0.25, 0.3) is 0 Å². The second kappa shape index (κ2) is 5.40. The van der Waals surface area contributed by atoms with E-state index >= 15 is 0 Å². The third kappa shape index (κ3) is 2.40. The summed E-state index contributed by atoms with van der Waals surface area (Å²) in [6.07, 6.45) is 5.08. The Labute approximate surface area is 123 Å². The average molecular weight is 281 g/mol. The summed E-state index contributed by atoms with van der Waals surface area (Å²) in [5.74, 6) is 1.56. The summed E-state index contributed by atoms with van der Waals surface area (Å²) in [5, 5.41) is 0. The Kier molecular flexibility index (Phi) is 3.44. The highest BCUT2D eigenvalue weighted by Crippen LogP contribution is 2.39. The minimum atomic E-state index is -0.104. The van der Waals surface area contributed by atoms with Crippen LogP contribution in [0.2, 0.25) is 0 Å². The van der Waals surface area contributed by atoms with Crippen molar-refractivity contribution < 1.29 is 14.3 Å². The predicted molar refractivity (Wildman–Crippen MR) is 79.5 cm³/mol. The van der Waals surface area contributed by atoms with Crippen LogP contribution in [0.1, 0.15) is 28.4 Å². The summed E-state index contributed by atoms with van der Waals surface area (Å²) in [7, 11) is 0. The second-order valence-electron chi connectivity index (χ2n) is 4.72. The number of ketones is 1. The van der Waals surface area contributed by atoms with E-state index in [1.165, 1.54) is 0 Å². The zero-order chi connectivity index (χ0) is 14.8. The van der Waals surface area contributed by atoms with Gasteiger partial charge in [0.15, 0.2) is 5.76 Å². The molecule has 1 aromatic carbocycles. The van der Waals surface area contributed by atoms with Crippen molar-refractivity contribution in [3.8, 4) is 11.5 Å². The van der Waals surface area contributed by atoms with Crippen LogP contribution in [0.5, 0.6) is 11.5 Å². The number of carbonyl (C=O) groups is 1. The molecule has 1 aliphatic rings. The molecule has 4 nitrogen and oxygen atoms in total. The summed E-state index contributed by atoms with van der Waals surface area (Å²) in [4.78, 5) is 16.3. The molecule has 1 aromatic heterocycles. The van der Waals surface area contributed by atoms with Gasteiger partial charge in [0.2, 0.25) is 5.78 Å². The van der Waals surface area contributed by atoms with Gasteiger partial charge in [-0.3, -0.25) is 9.78 Å². The zero-order valence-electron chi connectivity index (χ0n) is 11.9. The van der Waals surface area contributed by atoms with Gasteiger partial charge < -0.3 is 9.47 Å². The minimum Gasteiger partial charge on any atom is -0.493 e. The van der Waals surface area contributed by atoms with Crippen molar-refractivity contribution in [3.05, 3.63) is 59.1 Å². The van der Waals surface area contributed by atoms with Crippen LogP contribution in [-0.4, -0.2) is 17.4 Å². The Morgan fingerprint density at radius 2 is 2.00 bits per heavy atom. The van der Waals surface area contributed by atoms with Crippen LogP contribution in [-0.2, 0) is 0 Å². The summed E-state index contributed by atoms with van der Waals surface area (Å²) in [6.45, 7) is 4.40.